The Morgan fingerprint density at radius 3 is 2.69 bits per heavy atom. The Labute approximate surface area is 78.7 Å². The minimum atomic E-state index is -0.549. The van der Waals surface area contributed by atoms with Gasteiger partial charge in [-0.2, -0.15) is 0 Å². The Morgan fingerprint density at radius 2 is 2.15 bits per heavy atom. The highest BCUT2D eigenvalue weighted by Crippen LogP contribution is 2.30. The van der Waals surface area contributed by atoms with E-state index < -0.39 is 5.79 Å². The topological polar surface area (TPSA) is 35.5 Å². The van der Waals surface area contributed by atoms with Gasteiger partial charge in [0.2, 0.25) is 0 Å². The fourth-order valence-electron chi connectivity index (χ4n) is 1.52. The predicted octanol–water partition coefficient (Wildman–Crippen LogP) is 1.67. The lowest BCUT2D eigenvalue weighted by molar-refractivity contribution is -0.143. The molecule has 13 heavy (non-hydrogen) atoms. The third-order valence-corrected chi connectivity index (χ3v) is 2.02. The monoisotopic (exact) mass is 184 g/mol. The summed E-state index contributed by atoms with van der Waals surface area (Å²) in [4.78, 5) is 10.2. The molecule has 2 unspecified atom stereocenters. The Hall–Kier alpha value is -0.670. The first-order valence-corrected chi connectivity index (χ1v) is 4.51. The number of rotatable bonds is 4. The van der Waals surface area contributed by atoms with E-state index in [1.54, 1.807) is 6.08 Å². The molecule has 0 aliphatic carbocycles. The molecule has 0 radical (unpaired) electrons. The summed E-state index contributed by atoms with van der Waals surface area (Å²) in [7, 11) is 0. The maximum atomic E-state index is 10.2. The van der Waals surface area contributed by atoms with Crippen molar-refractivity contribution in [1.29, 1.82) is 0 Å². The second kappa shape index (κ2) is 4.03. The molecule has 3 nitrogen and oxygen atoms in total. The summed E-state index contributed by atoms with van der Waals surface area (Å²) >= 11 is 0. The summed E-state index contributed by atoms with van der Waals surface area (Å²) in [5.74, 6) is -0.549. The molecule has 0 aromatic heterocycles. The molecule has 1 rings (SSSR count). The summed E-state index contributed by atoms with van der Waals surface area (Å²) < 4.78 is 11.2. The van der Waals surface area contributed by atoms with E-state index in [-0.39, 0.29) is 12.2 Å². The lowest BCUT2D eigenvalue weighted by Crippen LogP contribution is -2.21. The largest absolute Gasteiger partial charge is 0.344 e. The fraction of sp³-hybridized carbons (Fsp3) is 0.700. The van der Waals surface area contributed by atoms with Crippen molar-refractivity contribution in [2.75, 3.05) is 0 Å². The van der Waals surface area contributed by atoms with E-state index in [0.717, 1.165) is 6.29 Å². The van der Waals surface area contributed by atoms with Crippen LogP contribution in [0.3, 0.4) is 0 Å². The highest BCUT2D eigenvalue weighted by Gasteiger charge is 2.38. The minimum Gasteiger partial charge on any atom is -0.344 e. The lowest BCUT2D eigenvalue weighted by Gasteiger charge is -2.16. The second-order valence-corrected chi connectivity index (χ2v) is 3.62. The van der Waals surface area contributed by atoms with Crippen molar-refractivity contribution in [3.8, 4) is 0 Å². The molecule has 1 aliphatic heterocycles. The van der Waals surface area contributed by atoms with Crippen molar-refractivity contribution in [2.45, 2.75) is 44.7 Å². The van der Waals surface area contributed by atoms with Crippen LogP contribution in [0.2, 0.25) is 0 Å². The second-order valence-electron chi connectivity index (χ2n) is 3.62. The number of carbonyl (C=O) groups excluding carboxylic acids is 1. The zero-order valence-electron chi connectivity index (χ0n) is 8.16. The van der Waals surface area contributed by atoms with Gasteiger partial charge in [-0.25, -0.2) is 0 Å². The van der Waals surface area contributed by atoms with Crippen LogP contribution in [-0.2, 0) is 14.3 Å². The highest BCUT2D eigenvalue weighted by molar-refractivity contribution is 5.49. The van der Waals surface area contributed by atoms with Crippen molar-refractivity contribution in [1.82, 2.24) is 0 Å². The van der Waals surface area contributed by atoms with Gasteiger partial charge in [0, 0.05) is 6.42 Å². The Balaban J connectivity index is 2.52. The van der Waals surface area contributed by atoms with E-state index in [2.05, 4.69) is 6.58 Å². The molecule has 0 N–H and O–H groups in total. The molecule has 1 saturated heterocycles. The average molecular weight is 184 g/mol. The Bertz CT molecular complexity index is 198. The maximum Gasteiger partial charge on any atom is 0.164 e. The van der Waals surface area contributed by atoms with Crippen LogP contribution in [-0.4, -0.2) is 24.3 Å². The van der Waals surface area contributed by atoms with E-state index in [0.29, 0.717) is 12.8 Å². The van der Waals surface area contributed by atoms with Crippen LogP contribution in [0.4, 0.5) is 0 Å². The minimum absolute atomic E-state index is 0.0299. The van der Waals surface area contributed by atoms with Crippen molar-refractivity contribution < 1.29 is 14.3 Å². The SMILES string of the molecule is C=CC1OC(C)(C)OC1CCC=O. The van der Waals surface area contributed by atoms with Crippen molar-refractivity contribution in [2.24, 2.45) is 0 Å². The van der Waals surface area contributed by atoms with E-state index in [1.165, 1.54) is 0 Å². The molecule has 1 heterocycles. The molecule has 0 bridgehead atoms. The molecule has 1 fully saturated rings. The zero-order valence-corrected chi connectivity index (χ0v) is 8.16. The van der Waals surface area contributed by atoms with Gasteiger partial charge in [0.1, 0.15) is 12.4 Å². The van der Waals surface area contributed by atoms with Gasteiger partial charge < -0.3 is 14.3 Å². The van der Waals surface area contributed by atoms with Crippen LogP contribution in [0.25, 0.3) is 0 Å². The van der Waals surface area contributed by atoms with Gasteiger partial charge >= 0.3 is 0 Å². The van der Waals surface area contributed by atoms with Crippen LogP contribution in [0.1, 0.15) is 26.7 Å². The van der Waals surface area contributed by atoms with Gasteiger partial charge in [-0.15, -0.1) is 6.58 Å². The number of aldehydes is 1. The Kier molecular flexibility index (Phi) is 3.22. The molecule has 74 valence electrons. The fourth-order valence-corrected chi connectivity index (χ4v) is 1.52. The van der Waals surface area contributed by atoms with Crippen LogP contribution in [0.15, 0.2) is 12.7 Å². The van der Waals surface area contributed by atoms with E-state index in [1.807, 2.05) is 13.8 Å². The quantitative estimate of drug-likeness (QED) is 0.492. The third-order valence-electron chi connectivity index (χ3n) is 2.02. The molecule has 0 aromatic rings. The number of ether oxygens (including phenoxy) is 2. The molecule has 0 saturated carbocycles. The van der Waals surface area contributed by atoms with Crippen molar-refractivity contribution >= 4 is 6.29 Å². The molecular weight excluding hydrogens is 168 g/mol. The smallest absolute Gasteiger partial charge is 0.164 e. The van der Waals surface area contributed by atoms with Gasteiger partial charge in [0.25, 0.3) is 0 Å². The Morgan fingerprint density at radius 1 is 1.46 bits per heavy atom. The molecule has 2 atom stereocenters. The van der Waals surface area contributed by atoms with Crippen LogP contribution in [0.5, 0.6) is 0 Å². The maximum absolute atomic E-state index is 10.2. The molecule has 0 spiro atoms. The van der Waals surface area contributed by atoms with E-state index in [9.17, 15) is 4.79 Å². The molecule has 3 heteroatoms. The molecule has 0 amide bonds. The van der Waals surface area contributed by atoms with Gasteiger partial charge in [-0.3, -0.25) is 0 Å². The van der Waals surface area contributed by atoms with E-state index in [4.69, 9.17) is 9.47 Å². The van der Waals surface area contributed by atoms with Crippen LogP contribution >= 0.6 is 0 Å². The first-order valence-electron chi connectivity index (χ1n) is 4.51. The summed E-state index contributed by atoms with van der Waals surface area (Å²) in [5, 5.41) is 0. The highest BCUT2D eigenvalue weighted by atomic mass is 16.7. The normalized spacial score (nSPS) is 31.5. The zero-order chi connectivity index (χ0) is 9.90. The summed E-state index contributed by atoms with van der Waals surface area (Å²) in [6.45, 7) is 7.40. The number of hydrogen-bond acceptors (Lipinski definition) is 3. The number of carbonyl (C=O) groups is 1. The lowest BCUT2D eigenvalue weighted by atomic mass is 10.1. The summed E-state index contributed by atoms with van der Waals surface area (Å²) in [5.41, 5.74) is 0. The predicted molar refractivity (Wildman–Crippen MR) is 49.3 cm³/mol. The van der Waals surface area contributed by atoms with Crippen molar-refractivity contribution in [3.05, 3.63) is 12.7 Å². The van der Waals surface area contributed by atoms with Crippen molar-refractivity contribution in [3.63, 3.8) is 0 Å². The van der Waals surface area contributed by atoms with Gasteiger partial charge in [-0.1, -0.05) is 6.08 Å². The van der Waals surface area contributed by atoms with E-state index >= 15 is 0 Å². The molecule has 0 aromatic carbocycles. The average Bonchev–Trinajstić information content (AvgIpc) is 2.37. The molecule has 1 aliphatic rings. The van der Waals surface area contributed by atoms with Gasteiger partial charge in [0.05, 0.1) is 6.10 Å². The van der Waals surface area contributed by atoms with Crippen LogP contribution < -0.4 is 0 Å². The van der Waals surface area contributed by atoms with Gasteiger partial charge in [0.15, 0.2) is 5.79 Å². The molecular formula is C10H16O3. The first-order chi connectivity index (χ1) is 6.09. The van der Waals surface area contributed by atoms with Gasteiger partial charge in [-0.05, 0) is 20.3 Å². The standard InChI is InChI=1S/C10H16O3/c1-4-8-9(6-5-7-11)13-10(2,3)12-8/h4,7-9H,1,5-6H2,2-3H3. The summed E-state index contributed by atoms with van der Waals surface area (Å²) in [6, 6.07) is 0. The first kappa shape index (κ1) is 10.4. The third kappa shape index (κ3) is 2.64. The summed E-state index contributed by atoms with van der Waals surface area (Å²) in [6.07, 6.45) is 3.71. The van der Waals surface area contributed by atoms with Crippen LogP contribution in [0, 0.1) is 0 Å². The number of hydrogen-bond donors (Lipinski definition) is 0.